The van der Waals surface area contributed by atoms with Gasteiger partial charge in [-0.25, -0.2) is 9.78 Å². The maximum Gasteiger partial charge on any atom is 0.348 e. The number of aryl methyl sites for hydroxylation is 1. The van der Waals surface area contributed by atoms with Gasteiger partial charge in [0.25, 0.3) is 5.56 Å². The van der Waals surface area contributed by atoms with E-state index < -0.39 is 17.5 Å². The number of carboxylic acids is 1. The number of ether oxygens (including phenoxy) is 3. The average molecular weight is 493 g/mol. The van der Waals surface area contributed by atoms with Gasteiger partial charge in [-0.05, 0) is 36.3 Å². The first-order chi connectivity index (χ1) is 15.8. The zero-order valence-corrected chi connectivity index (χ0v) is 19.4. The summed E-state index contributed by atoms with van der Waals surface area (Å²) in [6.45, 7) is 2.11. The number of esters is 1. The number of rotatable bonds is 10. The number of hydrogen-bond acceptors (Lipinski definition) is 8. The highest BCUT2D eigenvalue weighted by Crippen LogP contribution is 2.29. The van der Waals surface area contributed by atoms with Crippen molar-refractivity contribution in [2.45, 2.75) is 13.3 Å². The SMILES string of the molecule is COCCOC(=O)c1sc2nc(/C(Cl)=C/c3ccc(OCCC(=O)O)cc3)[nH]c(=O)c2c1C. The predicted octanol–water partition coefficient (Wildman–Crippen LogP) is 3.69. The summed E-state index contributed by atoms with van der Waals surface area (Å²) in [6, 6.07) is 6.83. The van der Waals surface area contributed by atoms with Crippen LogP contribution < -0.4 is 10.3 Å². The van der Waals surface area contributed by atoms with Crippen LogP contribution in [0.5, 0.6) is 5.75 Å². The van der Waals surface area contributed by atoms with E-state index in [9.17, 15) is 14.4 Å². The average Bonchev–Trinajstić information content (AvgIpc) is 3.11. The molecule has 3 rings (SSSR count). The number of fused-ring (bicyclic) bond motifs is 1. The minimum atomic E-state index is -0.934. The largest absolute Gasteiger partial charge is 0.493 e. The Morgan fingerprint density at radius 2 is 1.94 bits per heavy atom. The topological polar surface area (TPSA) is 128 Å². The lowest BCUT2D eigenvalue weighted by atomic mass is 10.2. The first kappa shape index (κ1) is 24.4. The fourth-order valence-electron chi connectivity index (χ4n) is 2.87. The van der Waals surface area contributed by atoms with Crippen molar-refractivity contribution in [1.82, 2.24) is 9.97 Å². The van der Waals surface area contributed by atoms with Crippen LogP contribution >= 0.6 is 22.9 Å². The number of halogens is 1. The molecule has 2 N–H and O–H groups in total. The summed E-state index contributed by atoms with van der Waals surface area (Å²) in [5.74, 6) is -0.787. The minimum Gasteiger partial charge on any atom is -0.493 e. The Morgan fingerprint density at radius 3 is 2.61 bits per heavy atom. The maximum absolute atomic E-state index is 12.7. The quantitative estimate of drug-likeness (QED) is 0.324. The van der Waals surface area contributed by atoms with Crippen molar-refractivity contribution in [2.75, 3.05) is 26.9 Å². The summed E-state index contributed by atoms with van der Waals surface area (Å²) in [5.41, 5.74) is 0.808. The van der Waals surface area contributed by atoms with Gasteiger partial charge in [0.05, 0.1) is 30.1 Å². The van der Waals surface area contributed by atoms with Crippen LogP contribution in [0.25, 0.3) is 21.3 Å². The molecule has 0 saturated heterocycles. The van der Waals surface area contributed by atoms with Crippen molar-refractivity contribution in [2.24, 2.45) is 0 Å². The summed E-state index contributed by atoms with van der Waals surface area (Å²) in [7, 11) is 1.51. The number of hydrogen-bond donors (Lipinski definition) is 2. The van der Waals surface area contributed by atoms with Gasteiger partial charge >= 0.3 is 11.9 Å². The predicted molar refractivity (Wildman–Crippen MR) is 125 cm³/mol. The molecule has 0 spiro atoms. The Balaban J connectivity index is 1.81. The molecule has 0 amide bonds. The van der Waals surface area contributed by atoms with E-state index in [1.54, 1.807) is 37.3 Å². The highest BCUT2D eigenvalue weighted by Gasteiger charge is 2.21. The Hall–Kier alpha value is -3.21. The molecule has 1 aromatic carbocycles. The molecule has 11 heteroatoms. The molecule has 0 fully saturated rings. The molecular formula is C22H21ClN2O7S. The van der Waals surface area contributed by atoms with Gasteiger partial charge in [-0.1, -0.05) is 23.7 Å². The van der Waals surface area contributed by atoms with E-state index in [0.717, 1.165) is 16.9 Å². The molecule has 9 nitrogen and oxygen atoms in total. The molecule has 2 aromatic heterocycles. The number of nitrogens with zero attached hydrogens (tertiary/aromatic N) is 1. The number of benzene rings is 1. The van der Waals surface area contributed by atoms with Crippen LogP contribution in [0.4, 0.5) is 0 Å². The van der Waals surface area contributed by atoms with Gasteiger partial charge in [0, 0.05) is 7.11 Å². The van der Waals surface area contributed by atoms with Crippen molar-refractivity contribution in [3.63, 3.8) is 0 Å². The van der Waals surface area contributed by atoms with Crippen molar-refractivity contribution in [3.05, 3.63) is 56.4 Å². The van der Waals surface area contributed by atoms with Crippen LogP contribution in [-0.2, 0) is 14.3 Å². The highest BCUT2D eigenvalue weighted by molar-refractivity contribution is 7.20. The van der Waals surface area contributed by atoms with Crippen LogP contribution in [-0.4, -0.2) is 53.9 Å². The third-order valence-electron chi connectivity index (χ3n) is 4.49. The Bertz CT molecular complexity index is 1250. The number of aromatic amines is 1. The Morgan fingerprint density at radius 1 is 1.21 bits per heavy atom. The molecule has 0 unspecified atom stereocenters. The van der Waals surface area contributed by atoms with Crippen molar-refractivity contribution in [3.8, 4) is 5.75 Å². The van der Waals surface area contributed by atoms with E-state index in [4.69, 9.17) is 30.9 Å². The zero-order valence-electron chi connectivity index (χ0n) is 17.8. The molecule has 0 aliphatic carbocycles. The van der Waals surface area contributed by atoms with Crippen LogP contribution in [0.2, 0.25) is 0 Å². The lowest BCUT2D eigenvalue weighted by molar-refractivity contribution is -0.137. The number of methoxy groups -OCH3 is 1. The molecule has 2 heterocycles. The number of aromatic nitrogens is 2. The maximum atomic E-state index is 12.7. The third-order valence-corrected chi connectivity index (χ3v) is 5.94. The number of thiophene rings is 1. The zero-order chi connectivity index (χ0) is 24.0. The van der Waals surface area contributed by atoms with Gasteiger partial charge in [0.1, 0.15) is 22.1 Å². The molecule has 3 aromatic rings. The van der Waals surface area contributed by atoms with E-state index >= 15 is 0 Å². The molecular weight excluding hydrogens is 472 g/mol. The monoisotopic (exact) mass is 492 g/mol. The number of carbonyl (C=O) groups excluding carboxylic acids is 1. The second-order valence-corrected chi connectivity index (χ2v) is 8.24. The van der Waals surface area contributed by atoms with E-state index in [0.29, 0.717) is 26.4 Å². The van der Waals surface area contributed by atoms with Crippen molar-refractivity contribution < 1.29 is 28.9 Å². The summed E-state index contributed by atoms with van der Waals surface area (Å²) in [6.07, 6.45) is 1.52. The van der Waals surface area contributed by atoms with Gasteiger partial charge < -0.3 is 24.3 Å². The molecule has 174 valence electrons. The van der Waals surface area contributed by atoms with E-state index in [-0.39, 0.29) is 37.1 Å². The molecule has 33 heavy (non-hydrogen) atoms. The fourth-order valence-corrected chi connectivity index (χ4v) is 4.16. The number of nitrogens with one attached hydrogen (secondary N) is 1. The molecule has 0 bridgehead atoms. The summed E-state index contributed by atoms with van der Waals surface area (Å²) in [5, 5.41) is 9.17. The first-order valence-electron chi connectivity index (χ1n) is 9.82. The molecule has 0 radical (unpaired) electrons. The minimum absolute atomic E-state index is 0.0680. The van der Waals surface area contributed by atoms with E-state index in [1.807, 2.05) is 0 Å². The van der Waals surface area contributed by atoms with E-state index in [1.165, 1.54) is 7.11 Å². The Labute approximate surface area is 197 Å². The standard InChI is InChI=1S/C22H21ClN2O7S/c1-12-17-20(28)24-19(25-21(17)33-18(12)22(29)32-10-9-30-2)15(23)11-13-3-5-14(6-4-13)31-8-7-16(26)27/h3-6,11H,7-10H2,1-2H3,(H,26,27)(H,24,25,28)/b15-11-. The van der Waals surface area contributed by atoms with Gasteiger partial charge in [0.2, 0.25) is 0 Å². The third kappa shape index (κ3) is 6.19. The Kier molecular flexibility index (Phi) is 8.21. The summed E-state index contributed by atoms with van der Waals surface area (Å²) in [4.78, 5) is 43.3. The lowest BCUT2D eigenvalue weighted by Gasteiger charge is -2.05. The summed E-state index contributed by atoms with van der Waals surface area (Å²) >= 11 is 7.46. The molecule has 0 atom stereocenters. The fraction of sp³-hybridized carbons (Fsp3) is 0.273. The van der Waals surface area contributed by atoms with Gasteiger partial charge in [-0.2, -0.15) is 0 Å². The van der Waals surface area contributed by atoms with Crippen LogP contribution in [0.3, 0.4) is 0 Å². The van der Waals surface area contributed by atoms with Crippen LogP contribution in [0, 0.1) is 6.92 Å². The van der Waals surface area contributed by atoms with Gasteiger partial charge in [-0.3, -0.25) is 9.59 Å². The van der Waals surface area contributed by atoms with Gasteiger partial charge in [-0.15, -0.1) is 11.3 Å². The number of aliphatic carboxylic acids is 1. The molecule has 0 aliphatic heterocycles. The van der Waals surface area contributed by atoms with E-state index in [2.05, 4.69) is 9.97 Å². The van der Waals surface area contributed by atoms with Gasteiger partial charge in [0.15, 0.2) is 5.82 Å². The first-order valence-corrected chi connectivity index (χ1v) is 11.0. The van der Waals surface area contributed by atoms with Crippen molar-refractivity contribution in [1.29, 1.82) is 0 Å². The van der Waals surface area contributed by atoms with Crippen LogP contribution in [0.1, 0.15) is 33.0 Å². The number of H-pyrrole nitrogens is 1. The van der Waals surface area contributed by atoms with Crippen LogP contribution in [0.15, 0.2) is 29.1 Å². The normalized spacial score (nSPS) is 11.5. The smallest absolute Gasteiger partial charge is 0.348 e. The molecule has 0 saturated carbocycles. The lowest BCUT2D eigenvalue weighted by Crippen LogP contribution is -2.11. The second kappa shape index (κ2) is 11.1. The number of carboxylic acid groups (broad SMARTS) is 1. The number of carbonyl (C=O) groups is 2. The summed E-state index contributed by atoms with van der Waals surface area (Å²) < 4.78 is 15.4. The second-order valence-electron chi connectivity index (χ2n) is 6.83. The molecule has 0 aliphatic rings. The van der Waals surface area contributed by atoms with Crippen molar-refractivity contribution >= 4 is 56.2 Å². The highest BCUT2D eigenvalue weighted by atomic mass is 35.5.